The number of amides is 2. The monoisotopic (exact) mass is 405 g/mol. The molecule has 1 aliphatic rings. The van der Waals surface area contributed by atoms with Crippen LogP contribution in [0.4, 0.5) is 5.95 Å². The Morgan fingerprint density at radius 3 is 2.53 bits per heavy atom. The maximum atomic E-state index is 12.8. The minimum Gasteiger partial charge on any atom is -0.341 e. The summed E-state index contributed by atoms with van der Waals surface area (Å²) in [5, 5.41) is 2.70. The first-order valence-electron chi connectivity index (χ1n) is 9.90. The zero-order valence-corrected chi connectivity index (χ0v) is 16.7. The number of carbonyl (C=O) groups excluding carboxylic acids is 2. The van der Waals surface area contributed by atoms with Gasteiger partial charge in [0.1, 0.15) is 12.1 Å². The number of rotatable bonds is 5. The highest BCUT2D eigenvalue weighted by atomic mass is 16.2. The van der Waals surface area contributed by atoms with Gasteiger partial charge in [-0.15, -0.1) is 0 Å². The van der Waals surface area contributed by atoms with Crippen LogP contribution in [0.15, 0.2) is 59.7 Å². The third-order valence-corrected chi connectivity index (χ3v) is 5.31. The summed E-state index contributed by atoms with van der Waals surface area (Å²) in [7, 11) is 1.79. The number of benzene rings is 1. The molecule has 1 aromatic carbocycles. The number of hydrogen-bond donors (Lipinski definition) is 1. The second kappa shape index (κ2) is 8.36. The first-order valence-corrected chi connectivity index (χ1v) is 9.90. The van der Waals surface area contributed by atoms with Crippen molar-refractivity contribution >= 4 is 17.8 Å². The summed E-state index contributed by atoms with van der Waals surface area (Å²) in [5.41, 5.74) is 1.28. The quantitative estimate of drug-likeness (QED) is 0.704. The molecule has 3 heterocycles. The van der Waals surface area contributed by atoms with Crippen LogP contribution in [-0.2, 0) is 18.4 Å². The third-order valence-electron chi connectivity index (χ3n) is 5.31. The molecule has 0 atom stereocenters. The van der Waals surface area contributed by atoms with Gasteiger partial charge >= 0.3 is 0 Å². The van der Waals surface area contributed by atoms with Crippen molar-refractivity contribution in [1.82, 2.24) is 19.0 Å². The lowest BCUT2D eigenvalue weighted by Crippen LogP contribution is -2.36. The lowest BCUT2D eigenvalue weighted by atomic mass is 10.2. The van der Waals surface area contributed by atoms with Crippen molar-refractivity contribution < 1.29 is 9.59 Å². The van der Waals surface area contributed by atoms with Gasteiger partial charge in [0.2, 0.25) is 11.9 Å². The molecule has 154 valence electrons. The Bertz CT molecular complexity index is 1130. The van der Waals surface area contributed by atoms with Gasteiger partial charge in [0, 0.05) is 26.3 Å². The Hall–Kier alpha value is -3.68. The highest BCUT2D eigenvalue weighted by molar-refractivity contribution is 6.03. The molecule has 3 aromatic rings. The van der Waals surface area contributed by atoms with Crippen LogP contribution in [0, 0.1) is 0 Å². The Labute approximate surface area is 173 Å². The molecule has 1 fully saturated rings. The number of aromatic nitrogens is 3. The standard InChI is InChI=1S/C22H23N5O3/c1-25-18(16-8-3-2-4-9-16)14-23-22(25)24-20(29)17-10-7-13-27(21(17)30)15-19(28)26-11-5-6-12-26/h2-4,7-10,13-14H,5-6,11-12,15H2,1H3,(H,23,24,29). The zero-order chi connectivity index (χ0) is 21.1. The largest absolute Gasteiger partial charge is 0.341 e. The maximum Gasteiger partial charge on any atom is 0.263 e. The van der Waals surface area contributed by atoms with Crippen LogP contribution in [0.3, 0.4) is 0 Å². The summed E-state index contributed by atoms with van der Waals surface area (Å²) in [5.74, 6) is -0.332. The fraction of sp³-hybridized carbons (Fsp3) is 0.273. The van der Waals surface area contributed by atoms with Crippen LogP contribution < -0.4 is 10.9 Å². The molecule has 0 bridgehead atoms. The predicted molar refractivity (Wildman–Crippen MR) is 113 cm³/mol. The van der Waals surface area contributed by atoms with Crippen LogP contribution in [0.2, 0.25) is 0 Å². The van der Waals surface area contributed by atoms with Crippen LogP contribution in [0.25, 0.3) is 11.3 Å². The first-order chi connectivity index (χ1) is 14.5. The molecule has 1 aliphatic heterocycles. The summed E-state index contributed by atoms with van der Waals surface area (Å²) >= 11 is 0. The summed E-state index contributed by atoms with van der Waals surface area (Å²) in [4.78, 5) is 43.9. The van der Waals surface area contributed by atoms with E-state index in [1.54, 1.807) is 28.8 Å². The number of imidazole rings is 1. The molecule has 0 saturated carbocycles. The lowest BCUT2D eigenvalue weighted by Gasteiger charge is -2.16. The average Bonchev–Trinajstić information content (AvgIpc) is 3.41. The minimum atomic E-state index is -0.559. The van der Waals surface area contributed by atoms with Gasteiger partial charge in [-0.2, -0.15) is 0 Å². The van der Waals surface area contributed by atoms with Gasteiger partial charge < -0.3 is 14.0 Å². The lowest BCUT2D eigenvalue weighted by molar-refractivity contribution is -0.130. The molecular weight excluding hydrogens is 382 g/mol. The molecule has 1 N–H and O–H groups in total. The van der Waals surface area contributed by atoms with E-state index in [2.05, 4.69) is 10.3 Å². The van der Waals surface area contributed by atoms with Gasteiger partial charge in [-0.05, 0) is 30.5 Å². The molecule has 8 nitrogen and oxygen atoms in total. The van der Waals surface area contributed by atoms with Crippen molar-refractivity contribution in [2.24, 2.45) is 7.05 Å². The highest BCUT2D eigenvalue weighted by Crippen LogP contribution is 2.21. The maximum absolute atomic E-state index is 12.8. The van der Waals surface area contributed by atoms with E-state index in [4.69, 9.17) is 0 Å². The molecule has 0 spiro atoms. The minimum absolute atomic E-state index is 0.0315. The van der Waals surface area contributed by atoms with Gasteiger partial charge in [-0.1, -0.05) is 30.3 Å². The number of likely N-dealkylation sites (tertiary alicyclic amines) is 1. The normalized spacial score (nSPS) is 13.4. The van der Waals surface area contributed by atoms with Gasteiger partial charge in [-0.3, -0.25) is 19.7 Å². The second-order valence-corrected chi connectivity index (χ2v) is 7.29. The topological polar surface area (TPSA) is 89.2 Å². The van der Waals surface area contributed by atoms with Gasteiger partial charge in [0.05, 0.1) is 11.9 Å². The van der Waals surface area contributed by atoms with E-state index in [0.29, 0.717) is 5.95 Å². The predicted octanol–water partition coefficient (Wildman–Crippen LogP) is 2.12. The molecule has 1 saturated heterocycles. The second-order valence-electron chi connectivity index (χ2n) is 7.29. The van der Waals surface area contributed by atoms with E-state index < -0.39 is 11.5 Å². The number of carbonyl (C=O) groups is 2. The van der Waals surface area contributed by atoms with Gasteiger partial charge in [0.15, 0.2) is 0 Å². The van der Waals surface area contributed by atoms with Crippen LogP contribution >= 0.6 is 0 Å². The average molecular weight is 405 g/mol. The van der Waals surface area contributed by atoms with E-state index in [1.165, 1.54) is 16.8 Å². The molecule has 0 radical (unpaired) electrons. The number of hydrogen-bond acceptors (Lipinski definition) is 4. The van der Waals surface area contributed by atoms with Crippen molar-refractivity contribution in [2.75, 3.05) is 18.4 Å². The smallest absolute Gasteiger partial charge is 0.263 e. The fourth-order valence-electron chi connectivity index (χ4n) is 3.62. The summed E-state index contributed by atoms with van der Waals surface area (Å²) in [6.07, 6.45) is 5.17. The summed E-state index contributed by atoms with van der Waals surface area (Å²) in [6, 6.07) is 12.7. The number of nitrogens with one attached hydrogen (secondary N) is 1. The van der Waals surface area contributed by atoms with Crippen molar-refractivity contribution in [3.8, 4) is 11.3 Å². The molecule has 2 amide bonds. The third kappa shape index (κ3) is 3.89. The van der Waals surface area contributed by atoms with Crippen LogP contribution in [-0.4, -0.2) is 43.9 Å². The molecule has 30 heavy (non-hydrogen) atoms. The van der Waals surface area contributed by atoms with Gasteiger partial charge in [-0.25, -0.2) is 4.98 Å². The van der Waals surface area contributed by atoms with Crippen LogP contribution in [0.5, 0.6) is 0 Å². The molecule has 8 heteroatoms. The number of pyridine rings is 1. The Kier molecular flexibility index (Phi) is 5.47. The van der Waals surface area contributed by atoms with Crippen molar-refractivity contribution in [3.05, 3.63) is 70.8 Å². The highest BCUT2D eigenvalue weighted by Gasteiger charge is 2.20. The Morgan fingerprint density at radius 2 is 1.80 bits per heavy atom. The first kappa shape index (κ1) is 19.6. The fourth-order valence-corrected chi connectivity index (χ4v) is 3.62. The van der Waals surface area contributed by atoms with E-state index in [0.717, 1.165) is 37.2 Å². The van der Waals surface area contributed by atoms with E-state index in [-0.39, 0.29) is 18.0 Å². The molecule has 4 rings (SSSR count). The number of nitrogens with zero attached hydrogens (tertiary/aromatic N) is 4. The molecule has 0 unspecified atom stereocenters. The molecular formula is C22H23N5O3. The summed E-state index contributed by atoms with van der Waals surface area (Å²) in [6.45, 7) is 1.37. The van der Waals surface area contributed by atoms with Crippen molar-refractivity contribution in [1.29, 1.82) is 0 Å². The molecule has 0 aliphatic carbocycles. The van der Waals surface area contributed by atoms with Crippen molar-refractivity contribution in [2.45, 2.75) is 19.4 Å². The van der Waals surface area contributed by atoms with E-state index in [1.807, 2.05) is 30.3 Å². The molecule has 2 aromatic heterocycles. The Balaban J connectivity index is 1.52. The summed E-state index contributed by atoms with van der Waals surface area (Å²) < 4.78 is 3.04. The SMILES string of the molecule is Cn1c(-c2ccccc2)cnc1NC(=O)c1cccn(CC(=O)N2CCCC2)c1=O. The van der Waals surface area contributed by atoms with E-state index in [9.17, 15) is 14.4 Å². The zero-order valence-electron chi connectivity index (χ0n) is 16.7. The number of anilines is 1. The Morgan fingerprint density at radius 1 is 1.07 bits per heavy atom. The van der Waals surface area contributed by atoms with Gasteiger partial charge in [0.25, 0.3) is 11.5 Å². The van der Waals surface area contributed by atoms with E-state index >= 15 is 0 Å². The van der Waals surface area contributed by atoms with Crippen LogP contribution in [0.1, 0.15) is 23.2 Å². The van der Waals surface area contributed by atoms with Crippen molar-refractivity contribution in [3.63, 3.8) is 0 Å².